The molecular formula is C26H30N2O5. The number of benzene rings is 2. The Balaban J connectivity index is 1.43. The van der Waals surface area contributed by atoms with Crippen molar-refractivity contribution in [2.24, 2.45) is 5.92 Å². The first-order valence-corrected chi connectivity index (χ1v) is 11.7. The van der Waals surface area contributed by atoms with Crippen molar-refractivity contribution in [1.29, 1.82) is 0 Å². The van der Waals surface area contributed by atoms with Gasteiger partial charge in [-0.1, -0.05) is 12.1 Å². The summed E-state index contributed by atoms with van der Waals surface area (Å²) in [5.41, 5.74) is 3.90. The van der Waals surface area contributed by atoms with Crippen LogP contribution in [-0.4, -0.2) is 50.4 Å². The van der Waals surface area contributed by atoms with Gasteiger partial charge in [-0.3, -0.25) is 9.59 Å². The van der Waals surface area contributed by atoms with E-state index in [4.69, 9.17) is 14.2 Å². The molecular weight excluding hydrogens is 420 g/mol. The first-order valence-electron chi connectivity index (χ1n) is 11.7. The zero-order chi connectivity index (χ0) is 22.8. The van der Waals surface area contributed by atoms with E-state index in [1.807, 2.05) is 43.3 Å². The van der Waals surface area contributed by atoms with E-state index >= 15 is 0 Å². The highest BCUT2D eigenvalue weighted by Gasteiger charge is 2.38. The van der Waals surface area contributed by atoms with E-state index in [1.54, 1.807) is 0 Å². The predicted octanol–water partition coefficient (Wildman–Crippen LogP) is 3.70. The molecule has 2 saturated heterocycles. The molecule has 2 fully saturated rings. The second kappa shape index (κ2) is 9.15. The third kappa shape index (κ3) is 4.61. The quantitative estimate of drug-likeness (QED) is 0.745. The highest BCUT2D eigenvalue weighted by atomic mass is 16.5. The highest BCUT2D eigenvalue weighted by molar-refractivity contribution is 5.98. The van der Waals surface area contributed by atoms with Crippen LogP contribution in [0.15, 0.2) is 36.4 Å². The minimum Gasteiger partial charge on any atom is -0.484 e. The van der Waals surface area contributed by atoms with E-state index in [2.05, 4.69) is 10.6 Å². The first kappa shape index (κ1) is 21.9. The van der Waals surface area contributed by atoms with E-state index in [0.717, 1.165) is 48.1 Å². The van der Waals surface area contributed by atoms with Gasteiger partial charge in [0.05, 0.1) is 25.3 Å². The largest absolute Gasteiger partial charge is 0.484 e. The van der Waals surface area contributed by atoms with Crippen LogP contribution >= 0.6 is 0 Å². The number of carbonyl (C=O) groups is 2. The molecule has 3 aliphatic rings. The molecule has 2 amide bonds. The summed E-state index contributed by atoms with van der Waals surface area (Å²) in [6, 6.07) is 11.6. The zero-order valence-corrected chi connectivity index (χ0v) is 18.9. The fourth-order valence-corrected chi connectivity index (χ4v) is 4.80. The minimum absolute atomic E-state index is 0.0152. The van der Waals surface area contributed by atoms with Gasteiger partial charge in [-0.15, -0.1) is 0 Å². The van der Waals surface area contributed by atoms with Crippen molar-refractivity contribution in [3.8, 4) is 16.9 Å². The summed E-state index contributed by atoms with van der Waals surface area (Å²) in [5.74, 6) is 0.504. The number of amides is 2. The normalized spacial score (nSPS) is 20.3. The molecule has 3 heterocycles. The second-order valence-electron chi connectivity index (χ2n) is 9.20. The molecule has 5 rings (SSSR count). The van der Waals surface area contributed by atoms with Gasteiger partial charge in [0.15, 0.2) is 0 Å². The number of fused-ring (bicyclic) bond motifs is 1. The van der Waals surface area contributed by atoms with E-state index in [-0.39, 0.29) is 17.7 Å². The lowest BCUT2D eigenvalue weighted by Gasteiger charge is -2.36. The summed E-state index contributed by atoms with van der Waals surface area (Å²) >= 11 is 0. The van der Waals surface area contributed by atoms with Crippen LogP contribution in [0.2, 0.25) is 0 Å². The molecule has 0 aromatic heterocycles. The standard InChI is InChI=1S/C26H30N2O5/c1-17-2-4-20(28-24(29)18-6-10-31-11-7-18)15-22(17)19-3-5-21-23(14-19)33-26(16-27-25(21)30)8-12-32-13-9-26/h2-5,14-15,18H,6-13,16H2,1H3,(H,27,30)(H,28,29). The molecule has 0 radical (unpaired) electrons. The zero-order valence-electron chi connectivity index (χ0n) is 18.9. The highest BCUT2D eigenvalue weighted by Crippen LogP contribution is 2.36. The van der Waals surface area contributed by atoms with Crippen molar-refractivity contribution in [3.05, 3.63) is 47.5 Å². The van der Waals surface area contributed by atoms with Gasteiger partial charge >= 0.3 is 0 Å². The third-order valence-electron chi connectivity index (χ3n) is 6.94. The van der Waals surface area contributed by atoms with Crippen LogP contribution in [-0.2, 0) is 14.3 Å². The predicted molar refractivity (Wildman–Crippen MR) is 125 cm³/mol. The molecule has 0 aliphatic carbocycles. The molecule has 0 bridgehead atoms. The minimum atomic E-state index is -0.438. The molecule has 7 nitrogen and oxygen atoms in total. The summed E-state index contributed by atoms with van der Waals surface area (Å²) in [6.07, 6.45) is 2.98. The van der Waals surface area contributed by atoms with Gasteiger partial charge in [0.1, 0.15) is 11.4 Å². The van der Waals surface area contributed by atoms with Crippen LogP contribution in [0.25, 0.3) is 11.1 Å². The summed E-state index contributed by atoms with van der Waals surface area (Å²) < 4.78 is 17.4. The molecule has 2 aromatic rings. The van der Waals surface area contributed by atoms with Gasteiger partial charge in [0.25, 0.3) is 5.91 Å². The summed E-state index contributed by atoms with van der Waals surface area (Å²) in [4.78, 5) is 25.4. The van der Waals surface area contributed by atoms with Gasteiger partial charge in [-0.2, -0.15) is 0 Å². The number of rotatable bonds is 3. The molecule has 33 heavy (non-hydrogen) atoms. The van der Waals surface area contributed by atoms with Crippen LogP contribution in [0.4, 0.5) is 5.69 Å². The van der Waals surface area contributed by atoms with Crippen molar-refractivity contribution in [2.75, 3.05) is 38.3 Å². The molecule has 2 aromatic carbocycles. The van der Waals surface area contributed by atoms with E-state index in [9.17, 15) is 9.59 Å². The van der Waals surface area contributed by atoms with Gasteiger partial charge in [0.2, 0.25) is 5.91 Å². The number of hydrogen-bond acceptors (Lipinski definition) is 5. The van der Waals surface area contributed by atoms with Crippen LogP contribution in [0.1, 0.15) is 41.6 Å². The van der Waals surface area contributed by atoms with E-state index in [0.29, 0.717) is 44.3 Å². The SMILES string of the molecule is Cc1ccc(NC(=O)C2CCOCC2)cc1-c1ccc2c(c1)OC1(CCOCC1)CNC2=O. The Morgan fingerprint density at radius 3 is 2.55 bits per heavy atom. The van der Waals surface area contributed by atoms with Gasteiger partial charge in [-0.05, 0) is 60.7 Å². The Hall–Kier alpha value is -2.90. The number of ether oxygens (including phenoxy) is 3. The van der Waals surface area contributed by atoms with Crippen molar-refractivity contribution < 1.29 is 23.8 Å². The molecule has 1 spiro atoms. The Morgan fingerprint density at radius 2 is 1.76 bits per heavy atom. The lowest BCUT2D eigenvalue weighted by atomic mass is 9.94. The Morgan fingerprint density at radius 1 is 1.00 bits per heavy atom. The fourth-order valence-electron chi connectivity index (χ4n) is 4.80. The Labute approximate surface area is 193 Å². The molecule has 0 unspecified atom stereocenters. The summed E-state index contributed by atoms with van der Waals surface area (Å²) in [6.45, 7) is 5.03. The number of nitrogens with one attached hydrogen (secondary N) is 2. The lowest BCUT2D eigenvalue weighted by Crippen LogP contribution is -2.49. The van der Waals surface area contributed by atoms with Crippen LogP contribution in [0.3, 0.4) is 0 Å². The summed E-state index contributed by atoms with van der Waals surface area (Å²) in [7, 11) is 0. The Kier molecular flexibility index (Phi) is 6.08. The van der Waals surface area contributed by atoms with E-state index < -0.39 is 5.60 Å². The van der Waals surface area contributed by atoms with Gasteiger partial charge < -0.3 is 24.8 Å². The first-order chi connectivity index (χ1) is 16.0. The summed E-state index contributed by atoms with van der Waals surface area (Å²) in [5, 5.41) is 6.09. The maximum Gasteiger partial charge on any atom is 0.255 e. The monoisotopic (exact) mass is 450 g/mol. The van der Waals surface area contributed by atoms with Crippen LogP contribution in [0.5, 0.6) is 5.75 Å². The lowest BCUT2D eigenvalue weighted by molar-refractivity contribution is -0.122. The van der Waals surface area contributed by atoms with Crippen LogP contribution < -0.4 is 15.4 Å². The molecule has 2 N–H and O–H groups in total. The maximum absolute atomic E-state index is 12.7. The fraction of sp³-hybridized carbons (Fsp3) is 0.462. The van der Waals surface area contributed by atoms with Gasteiger partial charge in [0, 0.05) is 37.7 Å². The average Bonchev–Trinajstić information content (AvgIpc) is 2.97. The number of hydrogen-bond donors (Lipinski definition) is 2. The van der Waals surface area contributed by atoms with Crippen molar-refractivity contribution in [3.63, 3.8) is 0 Å². The van der Waals surface area contributed by atoms with Crippen molar-refractivity contribution in [1.82, 2.24) is 5.32 Å². The molecule has 174 valence electrons. The topological polar surface area (TPSA) is 85.9 Å². The second-order valence-corrected chi connectivity index (χ2v) is 9.20. The Bertz CT molecular complexity index is 1050. The molecule has 7 heteroatoms. The van der Waals surface area contributed by atoms with Crippen molar-refractivity contribution in [2.45, 2.75) is 38.2 Å². The molecule has 0 saturated carbocycles. The average molecular weight is 451 g/mol. The van der Waals surface area contributed by atoms with Gasteiger partial charge in [-0.25, -0.2) is 0 Å². The number of carbonyl (C=O) groups excluding carboxylic acids is 2. The maximum atomic E-state index is 12.7. The van der Waals surface area contributed by atoms with Crippen LogP contribution in [0, 0.1) is 12.8 Å². The molecule has 3 aliphatic heterocycles. The molecule has 0 atom stereocenters. The smallest absolute Gasteiger partial charge is 0.255 e. The third-order valence-corrected chi connectivity index (χ3v) is 6.94. The number of anilines is 1. The number of aryl methyl sites for hydroxylation is 1. The van der Waals surface area contributed by atoms with E-state index in [1.165, 1.54) is 0 Å². The van der Waals surface area contributed by atoms with Crippen molar-refractivity contribution >= 4 is 17.5 Å².